The van der Waals surface area contributed by atoms with Crippen molar-refractivity contribution in [1.29, 1.82) is 0 Å². The van der Waals surface area contributed by atoms with Crippen molar-refractivity contribution in [2.24, 2.45) is 0 Å². The highest BCUT2D eigenvalue weighted by atomic mass is 16.5. The summed E-state index contributed by atoms with van der Waals surface area (Å²) in [4.78, 5) is 4.59. The van der Waals surface area contributed by atoms with Crippen molar-refractivity contribution in [2.75, 3.05) is 9.80 Å². The lowest BCUT2D eigenvalue weighted by Gasteiger charge is -2.42. The van der Waals surface area contributed by atoms with Gasteiger partial charge in [0.05, 0.1) is 33.8 Å². The molecule has 276 valence electrons. The summed E-state index contributed by atoms with van der Waals surface area (Å²) in [6.07, 6.45) is 0. The van der Waals surface area contributed by atoms with E-state index in [-0.39, 0.29) is 5.41 Å². The molecule has 10 aromatic rings. The van der Waals surface area contributed by atoms with Crippen molar-refractivity contribution < 1.29 is 4.74 Å². The van der Waals surface area contributed by atoms with E-state index < -0.39 is 0 Å². The van der Waals surface area contributed by atoms with E-state index in [0.717, 1.165) is 68.1 Å². The molecule has 9 heteroatoms. The molecule has 0 N–H and O–H groups in total. The highest BCUT2D eigenvalue weighted by Gasteiger charge is 2.36. The molecule has 7 aromatic carbocycles. The van der Waals surface area contributed by atoms with Gasteiger partial charge in [0.15, 0.2) is 23.1 Å². The highest BCUT2D eigenvalue weighted by molar-refractivity contribution is 5.91. The normalized spacial score (nSPS) is 13.9. The van der Waals surface area contributed by atoms with Crippen LogP contribution in [0.25, 0.3) is 45.1 Å². The van der Waals surface area contributed by atoms with Crippen LogP contribution in [-0.4, -0.2) is 29.2 Å². The van der Waals surface area contributed by atoms with Gasteiger partial charge in [-0.2, -0.15) is 0 Å². The van der Waals surface area contributed by atoms with E-state index in [1.807, 2.05) is 48.5 Å². The Morgan fingerprint density at radius 1 is 0.397 bits per heavy atom. The summed E-state index contributed by atoms with van der Waals surface area (Å²) in [6, 6.07) is 59.0. The average Bonchev–Trinajstić information content (AvgIpc) is 3.93. The molecule has 0 unspecified atom stereocenters. The first-order valence-corrected chi connectivity index (χ1v) is 19.4. The van der Waals surface area contributed by atoms with Gasteiger partial charge in [0.25, 0.3) is 0 Å². The Bertz CT molecular complexity index is 3160. The molecule has 0 atom stereocenters. The number of rotatable bonds is 4. The second-order valence-corrected chi connectivity index (χ2v) is 15.3. The number of ether oxygens (including phenoxy) is 1. The molecule has 0 bridgehead atoms. The van der Waals surface area contributed by atoms with Gasteiger partial charge in [-0.1, -0.05) is 86.6 Å². The quantitative estimate of drug-likeness (QED) is 0.177. The van der Waals surface area contributed by atoms with E-state index in [4.69, 9.17) is 25.1 Å². The van der Waals surface area contributed by atoms with Crippen LogP contribution >= 0.6 is 0 Å². The molecule has 0 aliphatic carbocycles. The number of nitrogens with zero attached hydrogens (tertiary/aromatic N) is 8. The third-order valence-corrected chi connectivity index (χ3v) is 11.7. The fourth-order valence-electron chi connectivity index (χ4n) is 8.98. The molecule has 2 aliphatic heterocycles. The number of benzene rings is 7. The maximum absolute atomic E-state index is 6.25. The fourth-order valence-corrected chi connectivity index (χ4v) is 8.98. The minimum atomic E-state index is -0.121. The van der Waals surface area contributed by atoms with E-state index in [1.54, 1.807) is 0 Å². The zero-order valence-corrected chi connectivity index (χ0v) is 31.7. The van der Waals surface area contributed by atoms with Crippen LogP contribution in [0.3, 0.4) is 0 Å². The molecular weight excluding hydrogens is 717 g/mol. The lowest BCUT2D eigenvalue weighted by Crippen LogP contribution is -2.30. The predicted octanol–water partition coefficient (Wildman–Crippen LogP) is 11.9. The maximum Gasteiger partial charge on any atom is 0.207 e. The Labute approximate surface area is 333 Å². The molecule has 0 spiro atoms. The summed E-state index contributed by atoms with van der Waals surface area (Å²) < 4.78 is 10.4. The first-order chi connectivity index (χ1) is 28.5. The van der Waals surface area contributed by atoms with Crippen molar-refractivity contribution >= 4 is 56.5 Å². The number of aromatic nitrogens is 6. The average molecular weight is 751 g/mol. The SMILES string of the molecule is CC1(C)c2ccccc2N(c2ccc(-c3nnc4c5nnc(-c6ccc(N7c8ccccc8Oc8ccccc87)cc6)n5c5ccccc5n34)cc2)c2ccccc21. The molecule has 0 amide bonds. The standard InChI is InChI=1S/C49H34N8O/c1-49(2)35-13-3-5-15-37(35)54(38-16-6-4-14-36(38)49)33-27-23-31(24-28-33)45-50-52-47-48-53-51-46(57(48)40-18-8-7-17-39(40)56(45)47)32-25-29-34(30-26-32)55-41-19-9-11-21-43(41)58-44-22-12-10-20-42(44)55/h3-30H,1-2H3. The van der Waals surface area contributed by atoms with Gasteiger partial charge in [0.1, 0.15) is 0 Å². The molecule has 0 saturated carbocycles. The van der Waals surface area contributed by atoms with Crippen molar-refractivity contribution in [3.8, 4) is 34.3 Å². The van der Waals surface area contributed by atoms with E-state index in [2.05, 4.69) is 154 Å². The number of hydrogen-bond donors (Lipinski definition) is 0. The van der Waals surface area contributed by atoms with Crippen LogP contribution in [0.1, 0.15) is 25.0 Å². The molecule has 12 rings (SSSR count). The minimum absolute atomic E-state index is 0.121. The van der Waals surface area contributed by atoms with Crippen LogP contribution < -0.4 is 14.5 Å². The van der Waals surface area contributed by atoms with E-state index in [9.17, 15) is 0 Å². The van der Waals surface area contributed by atoms with E-state index in [0.29, 0.717) is 11.3 Å². The fraction of sp³-hybridized carbons (Fsp3) is 0.0612. The number of fused-ring (bicyclic) bond motifs is 10. The third-order valence-electron chi connectivity index (χ3n) is 11.7. The summed E-state index contributed by atoms with van der Waals surface area (Å²) in [6.45, 7) is 4.62. The summed E-state index contributed by atoms with van der Waals surface area (Å²) in [5.41, 5.74) is 14.0. The predicted molar refractivity (Wildman–Crippen MR) is 229 cm³/mol. The highest BCUT2D eigenvalue weighted by Crippen LogP contribution is 2.52. The largest absolute Gasteiger partial charge is 0.453 e. The Morgan fingerprint density at radius 2 is 0.776 bits per heavy atom. The molecule has 0 fully saturated rings. The number of hydrogen-bond acceptors (Lipinski definition) is 7. The van der Waals surface area contributed by atoms with Crippen molar-refractivity contribution in [3.05, 3.63) is 181 Å². The Hall–Kier alpha value is -7.78. The monoisotopic (exact) mass is 750 g/mol. The smallest absolute Gasteiger partial charge is 0.207 e. The number of anilines is 6. The third kappa shape index (κ3) is 4.58. The van der Waals surface area contributed by atoms with Crippen molar-refractivity contribution in [1.82, 2.24) is 29.2 Å². The van der Waals surface area contributed by atoms with Gasteiger partial charge in [-0.15, -0.1) is 20.4 Å². The van der Waals surface area contributed by atoms with Crippen molar-refractivity contribution in [2.45, 2.75) is 19.3 Å². The first kappa shape index (κ1) is 32.5. The summed E-state index contributed by atoms with van der Waals surface area (Å²) in [5, 5.41) is 19.0. The van der Waals surface area contributed by atoms with Gasteiger partial charge in [-0.3, -0.25) is 8.80 Å². The Balaban J connectivity index is 0.947. The van der Waals surface area contributed by atoms with Crippen molar-refractivity contribution in [3.63, 3.8) is 0 Å². The molecule has 2 aliphatic rings. The van der Waals surface area contributed by atoms with Crippen LogP contribution in [-0.2, 0) is 5.41 Å². The maximum atomic E-state index is 6.25. The zero-order valence-electron chi connectivity index (χ0n) is 31.7. The van der Waals surface area contributed by atoms with Crippen LogP contribution in [0.4, 0.5) is 34.1 Å². The van der Waals surface area contributed by atoms with Crippen LogP contribution in [0.5, 0.6) is 11.5 Å². The topological polar surface area (TPSA) is 76.1 Å². The molecule has 58 heavy (non-hydrogen) atoms. The summed E-state index contributed by atoms with van der Waals surface area (Å²) >= 11 is 0. The van der Waals surface area contributed by atoms with Crippen LogP contribution in [0, 0.1) is 0 Å². The van der Waals surface area contributed by atoms with Gasteiger partial charge in [-0.05, 0) is 108 Å². The molecular formula is C49H34N8O. The van der Waals surface area contributed by atoms with Gasteiger partial charge in [0, 0.05) is 27.9 Å². The van der Waals surface area contributed by atoms with E-state index in [1.165, 1.54) is 22.5 Å². The van der Waals surface area contributed by atoms with Gasteiger partial charge < -0.3 is 14.5 Å². The Kier molecular flexibility index (Phi) is 6.78. The van der Waals surface area contributed by atoms with Gasteiger partial charge in [0.2, 0.25) is 11.3 Å². The zero-order chi connectivity index (χ0) is 38.5. The molecule has 9 nitrogen and oxygen atoms in total. The molecule has 0 saturated heterocycles. The van der Waals surface area contributed by atoms with Crippen LogP contribution in [0.2, 0.25) is 0 Å². The van der Waals surface area contributed by atoms with Gasteiger partial charge in [-0.25, -0.2) is 0 Å². The summed E-state index contributed by atoms with van der Waals surface area (Å²) in [7, 11) is 0. The molecule has 0 radical (unpaired) electrons. The van der Waals surface area contributed by atoms with E-state index >= 15 is 0 Å². The second kappa shape index (κ2) is 12.1. The first-order valence-electron chi connectivity index (χ1n) is 19.4. The molecule has 3 aromatic heterocycles. The summed E-state index contributed by atoms with van der Waals surface area (Å²) in [5.74, 6) is 3.09. The van der Waals surface area contributed by atoms with Gasteiger partial charge >= 0.3 is 0 Å². The van der Waals surface area contributed by atoms with Crippen LogP contribution in [0.15, 0.2) is 170 Å². The molecule has 5 heterocycles. The Morgan fingerprint density at radius 3 is 1.24 bits per heavy atom. The lowest BCUT2D eigenvalue weighted by atomic mass is 9.73. The number of para-hydroxylation sites is 8. The minimum Gasteiger partial charge on any atom is -0.453 e. The second-order valence-electron chi connectivity index (χ2n) is 15.3. The lowest BCUT2D eigenvalue weighted by molar-refractivity contribution is 0.477.